The summed E-state index contributed by atoms with van der Waals surface area (Å²) in [6.07, 6.45) is 4.53. The summed E-state index contributed by atoms with van der Waals surface area (Å²) in [6, 6.07) is -0.661. The zero-order chi connectivity index (χ0) is 9.68. The molecule has 1 rings (SSSR count). The van der Waals surface area contributed by atoms with Crippen molar-refractivity contribution in [3.63, 3.8) is 0 Å². The van der Waals surface area contributed by atoms with Gasteiger partial charge in [0.1, 0.15) is 12.1 Å². The fourth-order valence-electron chi connectivity index (χ4n) is 1.51. The van der Waals surface area contributed by atoms with Crippen molar-refractivity contribution >= 4 is 5.97 Å². The fraction of sp³-hybridized carbons (Fsp3) is 0.889. The van der Waals surface area contributed by atoms with Crippen LogP contribution in [0, 0.1) is 0 Å². The minimum atomic E-state index is -0.661. The molecule has 13 heavy (non-hydrogen) atoms. The van der Waals surface area contributed by atoms with Gasteiger partial charge >= 0.3 is 5.97 Å². The highest BCUT2D eigenvalue weighted by molar-refractivity contribution is 5.75. The monoisotopic (exact) mass is 187 g/mol. The van der Waals surface area contributed by atoms with E-state index in [2.05, 4.69) is 0 Å². The Morgan fingerprint density at radius 2 is 2.15 bits per heavy atom. The molecule has 0 aliphatic heterocycles. The van der Waals surface area contributed by atoms with E-state index in [-0.39, 0.29) is 25.1 Å². The smallest absolute Gasteiger partial charge is 0.323 e. The van der Waals surface area contributed by atoms with Crippen LogP contribution in [0.5, 0.6) is 0 Å². The Morgan fingerprint density at radius 1 is 1.54 bits per heavy atom. The third kappa shape index (κ3) is 3.32. The van der Waals surface area contributed by atoms with Gasteiger partial charge in [-0.2, -0.15) is 0 Å². The Bertz CT molecular complexity index is 166. The number of hydrogen-bond acceptors (Lipinski definition) is 4. The summed E-state index contributed by atoms with van der Waals surface area (Å²) in [4.78, 5) is 11.2. The van der Waals surface area contributed by atoms with E-state index < -0.39 is 6.04 Å². The van der Waals surface area contributed by atoms with Crippen LogP contribution >= 0.6 is 0 Å². The molecule has 0 heterocycles. The predicted octanol–water partition coefficient (Wildman–Crippen LogP) is 0.182. The van der Waals surface area contributed by atoms with Gasteiger partial charge in [-0.05, 0) is 32.1 Å². The molecule has 1 saturated carbocycles. The Balaban J connectivity index is 2.22. The zero-order valence-corrected chi connectivity index (χ0v) is 7.74. The van der Waals surface area contributed by atoms with Crippen molar-refractivity contribution in [3.8, 4) is 0 Å². The van der Waals surface area contributed by atoms with Gasteiger partial charge in [-0.25, -0.2) is 0 Å². The Labute approximate surface area is 78.1 Å². The average molecular weight is 187 g/mol. The Hall–Kier alpha value is -0.610. The van der Waals surface area contributed by atoms with Crippen LogP contribution in [0.4, 0.5) is 0 Å². The van der Waals surface area contributed by atoms with Gasteiger partial charge < -0.3 is 15.6 Å². The van der Waals surface area contributed by atoms with Crippen LogP contribution in [-0.2, 0) is 9.53 Å². The van der Waals surface area contributed by atoms with Gasteiger partial charge in [-0.15, -0.1) is 0 Å². The van der Waals surface area contributed by atoms with Crippen LogP contribution in [-0.4, -0.2) is 29.8 Å². The molecule has 1 fully saturated rings. The highest BCUT2D eigenvalue weighted by atomic mass is 16.5. The number of ether oxygens (including phenoxy) is 1. The van der Waals surface area contributed by atoms with Crippen molar-refractivity contribution in [1.82, 2.24) is 0 Å². The summed E-state index contributed by atoms with van der Waals surface area (Å²) in [5, 5.41) is 8.56. The minimum absolute atomic E-state index is 0.0669. The zero-order valence-electron chi connectivity index (χ0n) is 7.74. The predicted molar refractivity (Wildman–Crippen MR) is 48.0 cm³/mol. The second-order valence-electron chi connectivity index (χ2n) is 3.46. The van der Waals surface area contributed by atoms with E-state index in [1.807, 2.05) is 0 Å². The summed E-state index contributed by atoms with van der Waals surface area (Å²) in [5.74, 6) is -0.374. The molecule has 0 aromatic heterocycles. The van der Waals surface area contributed by atoms with Gasteiger partial charge in [0.15, 0.2) is 0 Å². The third-order valence-electron chi connectivity index (χ3n) is 2.33. The lowest BCUT2D eigenvalue weighted by molar-refractivity contribution is -0.150. The summed E-state index contributed by atoms with van der Waals surface area (Å²) in [6.45, 7) is -0.0685. The van der Waals surface area contributed by atoms with Gasteiger partial charge in [0.2, 0.25) is 0 Å². The van der Waals surface area contributed by atoms with Crippen LogP contribution in [0.25, 0.3) is 0 Å². The summed E-state index contributed by atoms with van der Waals surface area (Å²) >= 11 is 0. The maximum absolute atomic E-state index is 11.2. The summed E-state index contributed by atoms with van der Waals surface area (Å²) < 4.78 is 5.15. The number of rotatable bonds is 4. The molecule has 1 aliphatic carbocycles. The molecule has 0 aromatic rings. The number of aliphatic hydroxyl groups is 1. The highest BCUT2D eigenvalue weighted by Gasteiger charge is 2.22. The normalized spacial score (nSPS) is 20.2. The quantitative estimate of drug-likeness (QED) is 0.616. The topological polar surface area (TPSA) is 72.5 Å². The lowest BCUT2D eigenvalue weighted by Gasteiger charge is -2.14. The summed E-state index contributed by atoms with van der Waals surface area (Å²) in [5.41, 5.74) is 5.47. The third-order valence-corrected chi connectivity index (χ3v) is 2.33. The lowest BCUT2D eigenvalue weighted by atomic mass is 10.2. The van der Waals surface area contributed by atoms with E-state index >= 15 is 0 Å². The van der Waals surface area contributed by atoms with Crippen LogP contribution in [0.15, 0.2) is 0 Å². The van der Waals surface area contributed by atoms with E-state index in [0.29, 0.717) is 0 Å². The first-order valence-electron chi connectivity index (χ1n) is 4.81. The van der Waals surface area contributed by atoms with Crippen LogP contribution in [0.1, 0.15) is 32.1 Å². The van der Waals surface area contributed by atoms with Crippen molar-refractivity contribution in [2.75, 3.05) is 6.61 Å². The number of carbonyl (C=O) groups excluding carboxylic acids is 1. The maximum Gasteiger partial charge on any atom is 0.323 e. The molecule has 0 radical (unpaired) electrons. The Morgan fingerprint density at radius 3 is 2.69 bits per heavy atom. The molecule has 76 valence electrons. The van der Waals surface area contributed by atoms with E-state index in [4.69, 9.17) is 15.6 Å². The first-order chi connectivity index (χ1) is 6.24. The molecular formula is C9H17NO3. The highest BCUT2D eigenvalue weighted by Crippen LogP contribution is 2.21. The first-order valence-corrected chi connectivity index (χ1v) is 4.81. The second-order valence-corrected chi connectivity index (χ2v) is 3.46. The molecular weight excluding hydrogens is 170 g/mol. The molecule has 1 aliphatic rings. The Kier molecular flexibility index (Phi) is 4.18. The van der Waals surface area contributed by atoms with Crippen LogP contribution in [0.2, 0.25) is 0 Å². The van der Waals surface area contributed by atoms with Gasteiger partial charge in [0, 0.05) is 6.61 Å². The molecule has 4 heteroatoms. The van der Waals surface area contributed by atoms with Crippen molar-refractivity contribution in [2.45, 2.75) is 44.2 Å². The van der Waals surface area contributed by atoms with Gasteiger partial charge in [-0.3, -0.25) is 4.79 Å². The van der Waals surface area contributed by atoms with Crippen molar-refractivity contribution in [3.05, 3.63) is 0 Å². The van der Waals surface area contributed by atoms with Crippen molar-refractivity contribution in [1.29, 1.82) is 0 Å². The van der Waals surface area contributed by atoms with Gasteiger partial charge in [0.05, 0.1) is 0 Å². The number of carbonyl (C=O) groups is 1. The van der Waals surface area contributed by atoms with Crippen LogP contribution < -0.4 is 5.73 Å². The van der Waals surface area contributed by atoms with E-state index in [9.17, 15) is 4.79 Å². The largest absolute Gasteiger partial charge is 0.461 e. The molecule has 0 spiro atoms. The SMILES string of the molecule is NC(CCO)C(=O)OC1CCCC1. The molecule has 1 unspecified atom stereocenters. The molecule has 0 saturated heterocycles. The first kappa shape index (κ1) is 10.5. The molecule has 0 aromatic carbocycles. The minimum Gasteiger partial charge on any atom is -0.461 e. The summed E-state index contributed by atoms with van der Waals surface area (Å²) in [7, 11) is 0. The lowest BCUT2D eigenvalue weighted by Crippen LogP contribution is -2.35. The molecule has 0 bridgehead atoms. The molecule has 0 amide bonds. The van der Waals surface area contributed by atoms with Gasteiger partial charge in [0.25, 0.3) is 0 Å². The van der Waals surface area contributed by atoms with Gasteiger partial charge in [-0.1, -0.05) is 0 Å². The number of nitrogens with two attached hydrogens (primary N) is 1. The number of hydrogen-bond donors (Lipinski definition) is 2. The number of esters is 1. The van der Waals surface area contributed by atoms with E-state index in [1.54, 1.807) is 0 Å². The molecule has 1 atom stereocenters. The van der Waals surface area contributed by atoms with E-state index in [0.717, 1.165) is 25.7 Å². The molecule has 4 nitrogen and oxygen atoms in total. The average Bonchev–Trinajstić information content (AvgIpc) is 2.57. The number of aliphatic hydroxyl groups excluding tert-OH is 1. The van der Waals surface area contributed by atoms with Crippen molar-refractivity contribution in [2.24, 2.45) is 5.73 Å². The van der Waals surface area contributed by atoms with Crippen LogP contribution in [0.3, 0.4) is 0 Å². The van der Waals surface area contributed by atoms with Crippen molar-refractivity contribution < 1.29 is 14.6 Å². The van der Waals surface area contributed by atoms with E-state index in [1.165, 1.54) is 0 Å². The standard InChI is InChI=1S/C9H17NO3/c10-8(5-6-11)9(12)13-7-3-1-2-4-7/h7-8,11H,1-6,10H2. The maximum atomic E-state index is 11.2. The molecule has 3 N–H and O–H groups in total. The fourth-order valence-corrected chi connectivity index (χ4v) is 1.51. The second kappa shape index (κ2) is 5.19.